The fraction of sp³-hybridized carbons (Fsp3) is 0.900. The zero-order valence-electron chi connectivity index (χ0n) is 9.87. The summed E-state index contributed by atoms with van der Waals surface area (Å²) in [5.74, 6) is -0.211. The van der Waals surface area contributed by atoms with E-state index in [1.54, 1.807) is 0 Å². The maximum Gasteiger partial charge on any atom is 0.308 e. The molecule has 0 aliphatic carbocycles. The van der Waals surface area contributed by atoms with Crippen LogP contribution in [0.15, 0.2) is 0 Å². The largest absolute Gasteiger partial charge is 0.469 e. The summed E-state index contributed by atoms with van der Waals surface area (Å²) in [5, 5.41) is 0. The number of nitrogens with zero attached hydrogens (tertiary/aromatic N) is 1. The third kappa shape index (κ3) is 6.86. The fourth-order valence-electron chi connectivity index (χ4n) is 1.29. The second kappa shape index (κ2) is 5.98. The molecule has 0 fully saturated rings. The van der Waals surface area contributed by atoms with Crippen LogP contribution >= 0.6 is 0 Å². The Morgan fingerprint density at radius 2 is 1.93 bits per heavy atom. The van der Waals surface area contributed by atoms with E-state index in [0.29, 0.717) is 13.0 Å². The molecule has 4 nitrogen and oxygen atoms in total. The van der Waals surface area contributed by atoms with Gasteiger partial charge in [-0.3, -0.25) is 4.79 Å². The molecule has 0 aromatic rings. The van der Waals surface area contributed by atoms with E-state index in [1.165, 1.54) is 7.11 Å². The van der Waals surface area contributed by atoms with Gasteiger partial charge in [0.2, 0.25) is 0 Å². The van der Waals surface area contributed by atoms with Crippen molar-refractivity contribution in [1.29, 1.82) is 0 Å². The molecular weight excluding hydrogens is 182 g/mol. The molecule has 0 rings (SSSR count). The normalized spacial score (nSPS) is 13.8. The lowest BCUT2D eigenvalue weighted by Crippen LogP contribution is -2.43. The van der Waals surface area contributed by atoms with E-state index >= 15 is 0 Å². The molecule has 84 valence electrons. The van der Waals surface area contributed by atoms with Crippen LogP contribution in [0.2, 0.25) is 0 Å². The highest BCUT2D eigenvalue weighted by atomic mass is 16.5. The van der Waals surface area contributed by atoms with Gasteiger partial charge in [-0.2, -0.15) is 0 Å². The first kappa shape index (κ1) is 13.4. The van der Waals surface area contributed by atoms with Gasteiger partial charge in [-0.25, -0.2) is 0 Å². The lowest BCUT2D eigenvalue weighted by Gasteiger charge is -2.28. The summed E-state index contributed by atoms with van der Waals surface area (Å²) in [4.78, 5) is 11.1. The van der Waals surface area contributed by atoms with E-state index < -0.39 is 0 Å². The van der Waals surface area contributed by atoms with Crippen molar-refractivity contribution in [3.05, 3.63) is 0 Å². The molecule has 1 atom stereocenters. The van der Waals surface area contributed by atoms with Crippen molar-refractivity contribution in [2.24, 2.45) is 0 Å². The first-order valence-corrected chi connectivity index (χ1v) is 4.88. The summed E-state index contributed by atoms with van der Waals surface area (Å²) in [7, 11) is 7.62. The molecule has 14 heavy (non-hydrogen) atoms. The van der Waals surface area contributed by atoms with Gasteiger partial charge in [0.25, 0.3) is 0 Å². The Labute approximate surface area is 86.4 Å². The summed E-state index contributed by atoms with van der Waals surface area (Å²) in [6.07, 6.45) is 0.285. The molecule has 0 N–H and O–H groups in total. The molecule has 4 heteroatoms. The topological polar surface area (TPSA) is 35.5 Å². The molecule has 0 saturated carbocycles. The molecule has 0 aliphatic rings. The number of rotatable bonds is 6. The molecule has 1 unspecified atom stereocenters. The summed E-state index contributed by atoms with van der Waals surface area (Å²) < 4.78 is 10.9. The molecular formula is C10H22NO3+. The highest BCUT2D eigenvalue weighted by Crippen LogP contribution is 2.05. The van der Waals surface area contributed by atoms with Gasteiger partial charge in [0.15, 0.2) is 0 Å². The minimum absolute atomic E-state index is 0.0487. The van der Waals surface area contributed by atoms with Gasteiger partial charge in [-0.05, 0) is 6.92 Å². The van der Waals surface area contributed by atoms with E-state index in [2.05, 4.69) is 25.9 Å². The van der Waals surface area contributed by atoms with E-state index in [1.807, 2.05) is 6.92 Å². The number of hydrogen-bond donors (Lipinski definition) is 0. The molecule has 0 spiro atoms. The van der Waals surface area contributed by atoms with Gasteiger partial charge in [0, 0.05) is 6.61 Å². The molecule has 0 aromatic heterocycles. The Hall–Kier alpha value is -0.610. The van der Waals surface area contributed by atoms with E-state index in [-0.39, 0.29) is 12.1 Å². The zero-order valence-corrected chi connectivity index (χ0v) is 9.87. The van der Waals surface area contributed by atoms with Crippen LogP contribution in [0.1, 0.15) is 13.3 Å². The molecule has 0 amide bonds. The molecule has 0 heterocycles. The quantitative estimate of drug-likeness (QED) is 0.471. The van der Waals surface area contributed by atoms with Crippen molar-refractivity contribution in [2.75, 3.05) is 41.4 Å². The average molecular weight is 204 g/mol. The van der Waals surface area contributed by atoms with E-state index in [0.717, 1.165) is 11.0 Å². The second-order valence-electron chi connectivity index (χ2n) is 4.33. The van der Waals surface area contributed by atoms with Gasteiger partial charge in [-0.15, -0.1) is 0 Å². The minimum Gasteiger partial charge on any atom is -0.469 e. The average Bonchev–Trinajstić information content (AvgIpc) is 2.01. The third-order valence-corrected chi connectivity index (χ3v) is 1.78. The zero-order chi connectivity index (χ0) is 11.2. The van der Waals surface area contributed by atoms with Crippen molar-refractivity contribution in [3.8, 4) is 0 Å². The Kier molecular flexibility index (Phi) is 5.72. The fourth-order valence-corrected chi connectivity index (χ4v) is 1.29. The highest BCUT2D eigenvalue weighted by molar-refractivity contribution is 5.69. The maximum absolute atomic E-state index is 11.1. The number of ether oxygens (including phenoxy) is 2. The van der Waals surface area contributed by atoms with E-state index in [9.17, 15) is 4.79 Å². The predicted octanol–water partition coefficient (Wildman–Crippen LogP) is 0.661. The van der Waals surface area contributed by atoms with Crippen molar-refractivity contribution in [3.63, 3.8) is 0 Å². The van der Waals surface area contributed by atoms with Crippen LogP contribution in [0, 0.1) is 0 Å². The Balaban J connectivity index is 4.08. The van der Waals surface area contributed by atoms with Crippen LogP contribution in [0.3, 0.4) is 0 Å². The van der Waals surface area contributed by atoms with Crippen LogP contribution in [0.4, 0.5) is 0 Å². The molecule has 0 aromatic carbocycles. The van der Waals surface area contributed by atoms with Gasteiger partial charge in [0.1, 0.15) is 12.6 Å². The SMILES string of the molecule is CCOC(CC(=O)OC)C[N+](C)(C)C. The summed E-state index contributed by atoms with van der Waals surface area (Å²) in [6.45, 7) is 3.37. The first-order valence-electron chi connectivity index (χ1n) is 4.88. The van der Waals surface area contributed by atoms with Crippen molar-refractivity contribution >= 4 is 5.97 Å². The van der Waals surface area contributed by atoms with Crippen LogP contribution in [0.25, 0.3) is 0 Å². The Morgan fingerprint density at radius 3 is 2.29 bits per heavy atom. The van der Waals surface area contributed by atoms with Gasteiger partial charge in [0.05, 0.1) is 34.7 Å². The maximum atomic E-state index is 11.1. The minimum atomic E-state index is -0.211. The Morgan fingerprint density at radius 1 is 1.36 bits per heavy atom. The Bertz CT molecular complexity index is 175. The van der Waals surface area contributed by atoms with Crippen LogP contribution in [-0.2, 0) is 14.3 Å². The van der Waals surface area contributed by atoms with Crippen molar-refractivity contribution in [1.82, 2.24) is 0 Å². The predicted molar refractivity (Wildman–Crippen MR) is 54.9 cm³/mol. The molecule has 0 saturated heterocycles. The van der Waals surface area contributed by atoms with Gasteiger partial charge < -0.3 is 14.0 Å². The van der Waals surface area contributed by atoms with Gasteiger partial charge in [-0.1, -0.05) is 0 Å². The number of quaternary nitrogens is 1. The molecule has 0 radical (unpaired) electrons. The molecule has 0 aliphatic heterocycles. The number of likely N-dealkylation sites (N-methyl/N-ethyl adjacent to an activating group) is 1. The summed E-state index contributed by atoms with van der Waals surface area (Å²) in [5.41, 5.74) is 0. The van der Waals surface area contributed by atoms with Crippen molar-refractivity contribution < 1.29 is 18.8 Å². The smallest absolute Gasteiger partial charge is 0.308 e. The number of carbonyl (C=O) groups is 1. The van der Waals surface area contributed by atoms with E-state index in [4.69, 9.17) is 4.74 Å². The van der Waals surface area contributed by atoms with Crippen LogP contribution in [-0.4, -0.2) is 58.0 Å². The highest BCUT2D eigenvalue weighted by Gasteiger charge is 2.21. The number of methoxy groups -OCH3 is 1. The second-order valence-corrected chi connectivity index (χ2v) is 4.33. The van der Waals surface area contributed by atoms with Gasteiger partial charge >= 0.3 is 5.97 Å². The lowest BCUT2D eigenvalue weighted by molar-refractivity contribution is -0.873. The number of esters is 1. The standard InChI is InChI=1S/C10H22NO3/c1-6-14-9(7-10(12)13-5)8-11(2,3)4/h9H,6-8H2,1-5H3/q+1. The summed E-state index contributed by atoms with van der Waals surface area (Å²) in [6, 6.07) is 0. The monoisotopic (exact) mass is 204 g/mol. The van der Waals surface area contributed by atoms with Crippen molar-refractivity contribution in [2.45, 2.75) is 19.4 Å². The number of hydrogen-bond acceptors (Lipinski definition) is 3. The third-order valence-electron chi connectivity index (χ3n) is 1.78. The first-order chi connectivity index (χ1) is 6.39. The molecule has 0 bridgehead atoms. The van der Waals surface area contributed by atoms with Crippen LogP contribution in [0.5, 0.6) is 0 Å². The lowest BCUT2D eigenvalue weighted by atomic mass is 10.2. The number of carbonyl (C=O) groups excluding carboxylic acids is 1. The van der Waals surface area contributed by atoms with Crippen LogP contribution < -0.4 is 0 Å². The summed E-state index contributed by atoms with van der Waals surface area (Å²) >= 11 is 0.